The summed E-state index contributed by atoms with van der Waals surface area (Å²) in [5.74, 6) is -2.39. The third-order valence-electron chi connectivity index (χ3n) is 6.97. The van der Waals surface area contributed by atoms with Gasteiger partial charge < -0.3 is 20.6 Å². The largest absolute Gasteiger partial charge is 0.394 e. The van der Waals surface area contributed by atoms with Crippen molar-refractivity contribution < 1.29 is 19.5 Å². The number of nitrogens with one attached hydrogen (secondary N) is 2. The van der Waals surface area contributed by atoms with E-state index in [1.54, 1.807) is 31.3 Å². The van der Waals surface area contributed by atoms with Crippen LogP contribution in [0.5, 0.6) is 0 Å². The average Bonchev–Trinajstić information content (AvgIpc) is 3.10. The summed E-state index contributed by atoms with van der Waals surface area (Å²) in [5, 5.41) is 16.2. The highest BCUT2D eigenvalue weighted by Gasteiger charge is 2.58. The first-order valence-electron chi connectivity index (χ1n) is 12.1. The standard InChI is InChI=1S/C26H36ClN3O4/c1-5-8-16-11-12-18-22(21(16)24(32)28-4)26(34)30(17(14-31)13-15(2)3)23(18)25(33)29-20-10-7-6-9-19(20)27/h6-7,9-12,15-18,21-23,31H,5,8,13-14H2,1-4H3,(H,28,32)(H,29,33)/t16-,17-,18+,21-,22+,23+/m1/s1. The summed E-state index contributed by atoms with van der Waals surface area (Å²) in [4.78, 5) is 42.1. The van der Waals surface area contributed by atoms with Crippen LogP contribution in [-0.4, -0.2) is 53.5 Å². The summed E-state index contributed by atoms with van der Waals surface area (Å²) in [6, 6.07) is 5.56. The Kier molecular flexibility index (Phi) is 8.77. The van der Waals surface area contributed by atoms with Gasteiger partial charge in [0, 0.05) is 13.0 Å². The molecule has 1 aliphatic heterocycles. The number of hydrogen-bond acceptors (Lipinski definition) is 4. The zero-order valence-corrected chi connectivity index (χ0v) is 21.1. The van der Waals surface area contributed by atoms with E-state index in [-0.39, 0.29) is 36.2 Å². The lowest BCUT2D eigenvalue weighted by Gasteiger charge is -2.34. The highest BCUT2D eigenvalue weighted by atomic mass is 35.5. The molecule has 0 bridgehead atoms. The fraction of sp³-hybridized carbons (Fsp3) is 0.577. The molecule has 7 nitrogen and oxygen atoms in total. The third kappa shape index (κ3) is 5.15. The van der Waals surface area contributed by atoms with Gasteiger partial charge in [-0.2, -0.15) is 0 Å². The van der Waals surface area contributed by atoms with Crippen molar-refractivity contribution in [2.45, 2.75) is 52.1 Å². The van der Waals surface area contributed by atoms with E-state index in [1.165, 1.54) is 4.90 Å². The van der Waals surface area contributed by atoms with Gasteiger partial charge in [-0.15, -0.1) is 0 Å². The molecule has 3 rings (SSSR count). The number of fused-ring (bicyclic) bond motifs is 1. The summed E-state index contributed by atoms with van der Waals surface area (Å²) in [6.45, 7) is 5.82. The van der Waals surface area contributed by atoms with Gasteiger partial charge in [0.1, 0.15) is 6.04 Å². The molecule has 1 saturated heterocycles. The molecule has 1 aliphatic carbocycles. The number of anilines is 1. The number of halogens is 1. The molecule has 34 heavy (non-hydrogen) atoms. The number of aliphatic hydroxyl groups excluding tert-OH is 1. The Labute approximate surface area is 206 Å². The molecule has 1 fully saturated rings. The van der Waals surface area contributed by atoms with E-state index in [0.29, 0.717) is 17.1 Å². The number of carbonyl (C=O) groups excluding carboxylic acids is 3. The van der Waals surface area contributed by atoms with Crippen LogP contribution in [0, 0.1) is 29.6 Å². The maximum Gasteiger partial charge on any atom is 0.247 e. The molecule has 1 aromatic carbocycles. The van der Waals surface area contributed by atoms with E-state index in [4.69, 9.17) is 11.6 Å². The molecule has 8 heteroatoms. The van der Waals surface area contributed by atoms with Crippen molar-refractivity contribution in [2.24, 2.45) is 29.6 Å². The van der Waals surface area contributed by atoms with Crippen LogP contribution in [0.2, 0.25) is 5.02 Å². The molecular formula is C26H36ClN3O4. The number of nitrogens with zero attached hydrogens (tertiary/aromatic N) is 1. The molecule has 186 valence electrons. The van der Waals surface area contributed by atoms with Crippen LogP contribution in [0.1, 0.15) is 40.0 Å². The predicted molar refractivity (Wildman–Crippen MR) is 133 cm³/mol. The Bertz CT molecular complexity index is 934. The van der Waals surface area contributed by atoms with E-state index in [1.807, 2.05) is 32.9 Å². The van der Waals surface area contributed by atoms with E-state index >= 15 is 0 Å². The molecule has 0 aromatic heterocycles. The number of allylic oxidation sites excluding steroid dienone is 1. The lowest BCUT2D eigenvalue weighted by molar-refractivity contribution is -0.143. The van der Waals surface area contributed by atoms with Crippen molar-refractivity contribution >= 4 is 35.0 Å². The molecule has 0 spiro atoms. The quantitative estimate of drug-likeness (QED) is 0.462. The van der Waals surface area contributed by atoms with E-state index in [0.717, 1.165) is 12.8 Å². The maximum absolute atomic E-state index is 13.9. The number of hydrogen-bond donors (Lipinski definition) is 3. The number of rotatable bonds is 9. The van der Waals surface area contributed by atoms with Crippen molar-refractivity contribution in [1.29, 1.82) is 0 Å². The van der Waals surface area contributed by atoms with Gasteiger partial charge >= 0.3 is 0 Å². The highest BCUT2D eigenvalue weighted by molar-refractivity contribution is 6.33. The Balaban J connectivity index is 2.06. The topological polar surface area (TPSA) is 98.7 Å². The van der Waals surface area contributed by atoms with Crippen LogP contribution >= 0.6 is 11.6 Å². The summed E-state index contributed by atoms with van der Waals surface area (Å²) in [7, 11) is 1.58. The molecule has 6 atom stereocenters. The highest BCUT2D eigenvalue weighted by Crippen LogP contribution is 2.46. The first kappa shape index (κ1) is 26.2. The second kappa shape index (κ2) is 11.4. The van der Waals surface area contributed by atoms with Crippen LogP contribution in [-0.2, 0) is 14.4 Å². The lowest BCUT2D eigenvalue weighted by atomic mass is 9.68. The van der Waals surface area contributed by atoms with Gasteiger partial charge in [-0.1, -0.05) is 63.1 Å². The van der Waals surface area contributed by atoms with Crippen molar-refractivity contribution in [3.05, 3.63) is 41.4 Å². The van der Waals surface area contributed by atoms with Gasteiger partial charge in [0.2, 0.25) is 17.7 Å². The van der Waals surface area contributed by atoms with Crippen LogP contribution < -0.4 is 10.6 Å². The van der Waals surface area contributed by atoms with Crippen LogP contribution in [0.15, 0.2) is 36.4 Å². The molecular weight excluding hydrogens is 454 g/mol. The van der Waals surface area contributed by atoms with Gasteiger partial charge in [-0.3, -0.25) is 14.4 Å². The van der Waals surface area contributed by atoms with E-state index < -0.39 is 29.8 Å². The molecule has 3 amide bonds. The van der Waals surface area contributed by atoms with Crippen LogP contribution in [0.25, 0.3) is 0 Å². The number of para-hydroxylation sites is 1. The fourth-order valence-corrected chi connectivity index (χ4v) is 5.74. The van der Waals surface area contributed by atoms with Gasteiger partial charge in [0.15, 0.2) is 0 Å². The Morgan fingerprint density at radius 2 is 1.88 bits per heavy atom. The summed E-state index contributed by atoms with van der Waals surface area (Å²) in [6.07, 6.45) is 6.12. The number of likely N-dealkylation sites (tertiary alicyclic amines) is 1. The van der Waals surface area contributed by atoms with Gasteiger partial charge in [-0.25, -0.2) is 0 Å². The molecule has 0 saturated carbocycles. The smallest absolute Gasteiger partial charge is 0.247 e. The number of benzene rings is 1. The molecule has 2 aliphatic rings. The van der Waals surface area contributed by atoms with Crippen molar-refractivity contribution in [2.75, 3.05) is 19.0 Å². The third-order valence-corrected chi connectivity index (χ3v) is 7.30. The Morgan fingerprint density at radius 3 is 2.47 bits per heavy atom. The normalized spacial score (nSPS) is 27.0. The van der Waals surface area contributed by atoms with E-state index in [9.17, 15) is 19.5 Å². The fourth-order valence-electron chi connectivity index (χ4n) is 5.56. The first-order chi connectivity index (χ1) is 16.2. The van der Waals surface area contributed by atoms with Crippen molar-refractivity contribution in [3.63, 3.8) is 0 Å². The van der Waals surface area contributed by atoms with Crippen molar-refractivity contribution in [1.82, 2.24) is 10.2 Å². The van der Waals surface area contributed by atoms with Crippen molar-refractivity contribution in [3.8, 4) is 0 Å². The molecule has 0 unspecified atom stereocenters. The summed E-state index contributed by atoms with van der Waals surface area (Å²) < 4.78 is 0. The van der Waals surface area contributed by atoms with Crippen LogP contribution in [0.4, 0.5) is 5.69 Å². The second-order valence-corrected chi connectivity index (χ2v) is 10.1. The number of amides is 3. The molecule has 3 N–H and O–H groups in total. The first-order valence-corrected chi connectivity index (χ1v) is 12.5. The average molecular weight is 490 g/mol. The van der Waals surface area contributed by atoms with Gasteiger partial charge in [0.05, 0.1) is 35.2 Å². The minimum atomic E-state index is -0.851. The van der Waals surface area contributed by atoms with Gasteiger partial charge in [0.25, 0.3) is 0 Å². The number of aliphatic hydroxyl groups is 1. The van der Waals surface area contributed by atoms with E-state index in [2.05, 4.69) is 10.6 Å². The minimum absolute atomic E-state index is 0.0833. The predicted octanol–water partition coefficient (Wildman–Crippen LogP) is 3.48. The monoisotopic (exact) mass is 489 g/mol. The zero-order valence-electron chi connectivity index (χ0n) is 20.3. The molecule has 0 radical (unpaired) electrons. The zero-order chi connectivity index (χ0) is 25.0. The maximum atomic E-state index is 13.9. The molecule has 1 aromatic rings. The number of carbonyl (C=O) groups is 3. The minimum Gasteiger partial charge on any atom is -0.394 e. The van der Waals surface area contributed by atoms with Crippen LogP contribution in [0.3, 0.4) is 0 Å². The summed E-state index contributed by atoms with van der Waals surface area (Å²) >= 11 is 6.27. The SMILES string of the molecule is CCC[C@@H]1C=C[C@H]2[C@H](C(=O)N([C@@H](CO)CC(C)C)[C@@H]2C(=O)Nc2ccccc2Cl)[C@@H]1C(=O)NC. The lowest BCUT2D eigenvalue weighted by Crippen LogP contribution is -2.51. The summed E-state index contributed by atoms with van der Waals surface area (Å²) in [5.41, 5.74) is 0.459. The molecule has 1 heterocycles. The Hall–Kier alpha value is -2.38. The second-order valence-electron chi connectivity index (χ2n) is 9.71. The Morgan fingerprint density at radius 1 is 1.18 bits per heavy atom. The van der Waals surface area contributed by atoms with Gasteiger partial charge in [-0.05, 0) is 36.8 Å².